The van der Waals surface area contributed by atoms with E-state index in [4.69, 9.17) is 0 Å². The molecule has 0 aliphatic carbocycles. The summed E-state index contributed by atoms with van der Waals surface area (Å²) in [5, 5.41) is 6.10. The van der Waals surface area contributed by atoms with Crippen molar-refractivity contribution >= 4 is 24.2 Å². The van der Waals surface area contributed by atoms with Crippen LogP contribution in [0, 0.1) is 5.92 Å². The molecule has 2 N–H and O–H groups in total. The molecular formula is C16H28ClF3N4O2. The van der Waals surface area contributed by atoms with Crippen LogP contribution in [0.5, 0.6) is 0 Å². The normalized spacial score (nSPS) is 24.0. The van der Waals surface area contributed by atoms with Gasteiger partial charge in [0.2, 0.25) is 11.8 Å². The smallest absolute Gasteiger partial charge is 0.354 e. The second kappa shape index (κ2) is 10.3. The van der Waals surface area contributed by atoms with Gasteiger partial charge in [-0.1, -0.05) is 0 Å². The van der Waals surface area contributed by atoms with Gasteiger partial charge in [-0.25, -0.2) is 0 Å². The second-order valence-electron chi connectivity index (χ2n) is 7.00. The van der Waals surface area contributed by atoms with Gasteiger partial charge in [-0.3, -0.25) is 14.5 Å². The van der Waals surface area contributed by atoms with Crippen LogP contribution in [0.2, 0.25) is 0 Å². The highest BCUT2D eigenvalue weighted by atomic mass is 35.5. The summed E-state index contributed by atoms with van der Waals surface area (Å²) in [6.07, 6.45) is -0.709. The molecule has 2 rings (SSSR count). The molecule has 26 heavy (non-hydrogen) atoms. The van der Waals surface area contributed by atoms with Crippen LogP contribution in [0.3, 0.4) is 0 Å². The molecule has 6 nitrogen and oxygen atoms in total. The average Bonchev–Trinajstić information content (AvgIpc) is 3.06. The van der Waals surface area contributed by atoms with Gasteiger partial charge in [0.1, 0.15) is 6.54 Å². The minimum Gasteiger partial charge on any atom is -0.354 e. The lowest BCUT2D eigenvalue weighted by atomic mass is 9.97. The highest BCUT2D eigenvalue weighted by Crippen LogP contribution is 2.18. The second-order valence-corrected chi connectivity index (χ2v) is 7.00. The van der Waals surface area contributed by atoms with Crippen molar-refractivity contribution < 1.29 is 22.8 Å². The number of likely N-dealkylation sites (N-methyl/N-ethyl adjacent to an activating group) is 1. The molecule has 0 saturated carbocycles. The van der Waals surface area contributed by atoms with Gasteiger partial charge in [-0.05, 0) is 44.7 Å². The Balaban J connectivity index is 0.00000338. The molecule has 0 radical (unpaired) electrons. The summed E-state index contributed by atoms with van der Waals surface area (Å²) in [5.41, 5.74) is 0. The number of hydrogen-bond acceptors (Lipinski definition) is 4. The summed E-state index contributed by atoms with van der Waals surface area (Å²) in [6, 6.07) is -0.114. The van der Waals surface area contributed by atoms with E-state index in [-0.39, 0.29) is 36.8 Å². The third-order valence-corrected chi connectivity index (χ3v) is 4.75. The van der Waals surface area contributed by atoms with E-state index in [2.05, 4.69) is 10.6 Å². The molecule has 0 aromatic heterocycles. The van der Waals surface area contributed by atoms with Crippen molar-refractivity contribution in [2.24, 2.45) is 5.92 Å². The van der Waals surface area contributed by atoms with Gasteiger partial charge in [0.15, 0.2) is 0 Å². The molecule has 152 valence electrons. The van der Waals surface area contributed by atoms with E-state index in [0.29, 0.717) is 19.6 Å². The zero-order chi connectivity index (χ0) is 18.4. The van der Waals surface area contributed by atoms with Gasteiger partial charge < -0.3 is 15.5 Å². The molecule has 0 bridgehead atoms. The van der Waals surface area contributed by atoms with Crippen molar-refractivity contribution in [1.82, 2.24) is 20.4 Å². The van der Waals surface area contributed by atoms with Crippen LogP contribution in [0.25, 0.3) is 0 Å². The van der Waals surface area contributed by atoms with Crippen molar-refractivity contribution in [2.75, 3.05) is 46.3 Å². The van der Waals surface area contributed by atoms with Crippen LogP contribution in [-0.2, 0) is 9.59 Å². The summed E-state index contributed by atoms with van der Waals surface area (Å²) in [5.74, 6) is -0.299. The highest BCUT2D eigenvalue weighted by Gasteiger charge is 2.32. The van der Waals surface area contributed by atoms with E-state index in [1.165, 1.54) is 7.05 Å². The minimum absolute atomic E-state index is 0. The molecule has 2 saturated heterocycles. The average molecular weight is 401 g/mol. The Labute approximate surface area is 158 Å². The Kier molecular flexibility index (Phi) is 9.12. The molecule has 2 aliphatic rings. The number of carbonyl (C=O) groups excluding carboxylic acids is 2. The standard InChI is InChI=1S/C16H27F3N4O2.ClH/c1-22(11-16(17,18)19)14(24)10-23-7-3-4-12(9-23)8-21-15(25)13-5-2-6-20-13;/h12-13,20H,2-11H2,1H3,(H,21,25);1H. The number of hydrogen-bond donors (Lipinski definition) is 2. The van der Waals surface area contributed by atoms with Crippen molar-refractivity contribution in [3.63, 3.8) is 0 Å². The first-order chi connectivity index (χ1) is 11.7. The van der Waals surface area contributed by atoms with Gasteiger partial charge in [0, 0.05) is 20.1 Å². The van der Waals surface area contributed by atoms with Gasteiger partial charge in [0.05, 0.1) is 12.6 Å². The SMILES string of the molecule is CN(CC(F)(F)F)C(=O)CN1CCCC(CNC(=O)C2CCCN2)C1.Cl. The van der Waals surface area contributed by atoms with Crippen molar-refractivity contribution in [3.8, 4) is 0 Å². The number of likely N-dealkylation sites (tertiary alicyclic amines) is 1. The number of alkyl halides is 3. The van der Waals surface area contributed by atoms with Crippen LogP contribution in [0.15, 0.2) is 0 Å². The monoisotopic (exact) mass is 400 g/mol. The first-order valence-electron chi connectivity index (χ1n) is 8.79. The maximum Gasteiger partial charge on any atom is 0.406 e. The molecule has 10 heteroatoms. The molecule has 2 unspecified atom stereocenters. The largest absolute Gasteiger partial charge is 0.406 e. The Hall–Kier alpha value is -1.06. The summed E-state index contributed by atoms with van der Waals surface area (Å²) >= 11 is 0. The fraction of sp³-hybridized carbons (Fsp3) is 0.875. The number of rotatable bonds is 6. The van der Waals surface area contributed by atoms with Crippen LogP contribution in [0.1, 0.15) is 25.7 Å². The fourth-order valence-corrected chi connectivity index (χ4v) is 3.41. The van der Waals surface area contributed by atoms with Gasteiger partial charge in [0.25, 0.3) is 0 Å². The number of piperidine rings is 1. The molecule has 0 aromatic carbocycles. The number of amides is 2. The molecule has 2 atom stereocenters. The predicted molar refractivity (Wildman–Crippen MR) is 94.1 cm³/mol. The van der Waals surface area contributed by atoms with Gasteiger partial charge >= 0.3 is 6.18 Å². The Bertz CT molecular complexity index is 473. The maximum absolute atomic E-state index is 12.4. The predicted octanol–water partition coefficient (Wildman–Crippen LogP) is 1.01. The van der Waals surface area contributed by atoms with Gasteiger partial charge in [-0.2, -0.15) is 13.2 Å². The maximum atomic E-state index is 12.4. The van der Waals surface area contributed by atoms with E-state index >= 15 is 0 Å². The summed E-state index contributed by atoms with van der Waals surface area (Å²) in [7, 11) is 1.17. The quantitative estimate of drug-likeness (QED) is 0.698. The number of nitrogens with zero attached hydrogens (tertiary/aromatic N) is 2. The Morgan fingerprint density at radius 2 is 2.00 bits per heavy atom. The van der Waals surface area contributed by atoms with Crippen LogP contribution < -0.4 is 10.6 Å². The first kappa shape index (κ1) is 23.0. The molecule has 2 aliphatic heterocycles. The van der Waals surface area contributed by atoms with Crippen LogP contribution in [-0.4, -0.2) is 80.1 Å². The molecular weight excluding hydrogens is 373 g/mol. The molecule has 2 amide bonds. The van der Waals surface area contributed by atoms with Crippen molar-refractivity contribution in [2.45, 2.75) is 37.9 Å². The molecule has 0 spiro atoms. The number of nitrogens with one attached hydrogen (secondary N) is 2. The van der Waals surface area contributed by atoms with E-state index < -0.39 is 18.6 Å². The highest BCUT2D eigenvalue weighted by molar-refractivity contribution is 5.85. The lowest BCUT2D eigenvalue weighted by molar-refractivity contribution is -0.159. The van der Waals surface area contributed by atoms with Crippen LogP contribution >= 0.6 is 12.4 Å². The van der Waals surface area contributed by atoms with Crippen LogP contribution in [0.4, 0.5) is 13.2 Å². The minimum atomic E-state index is -4.38. The topological polar surface area (TPSA) is 64.7 Å². The van der Waals surface area contributed by atoms with Gasteiger partial charge in [-0.15, -0.1) is 12.4 Å². The summed E-state index contributed by atoms with van der Waals surface area (Å²) in [4.78, 5) is 26.6. The zero-order valence-corrected chi connectivity index (χ0v) is 15.8. The third-order valence-electron chi connectivity index (χ3n) is 4.75. The zero-order valence-electron chi connectivity index (χ0n) is 15.0. The number of halogens is 4. The van der Waals surface area contributed by atoms with Crippen molar-refractivity contribution in [3.05, 3.63) is 0 Å². The van der Waals surface area contributed by atoms with E-state index in [9.17, 15) is 22.8 Å². The lowest BCUT2D eigenvalue weighted by Crippen LogP contribution is -2.48. The fourth-order valence-electron chi connectivity index (χ4n) is 3.41. The van der Waals surface area contributed by atoms with E-state index in [1.54, 1.807) is 0 Å². The Morgan fingerprint density at radius 3 is 2.62 bits per heavy atom. The third kappa shape index (κ3) is 7.67. The van der Waals surface area contributed by atoms with E-state index in [1.807, 2.05) is 4.90 Å². The summed E-state index contributed by atoms with van der Waals surface area (Å²) < 4.78 is 37.1. The van der Waals surface area contributed by atoms with E-state index in [0.717, 1.165) is 37.1 Å². The number of carbonyl (C=O) groups is 2. The van der Waals surface area contributed by atoms with Crippen molar-refractivity contribution in [1.29, 1.82) is 0 Å². The summed E-state index contributed by atoms with van der Waals surface area (Å²) in [6.45, 7) is 1.47. The lowest BCUT2D eigenvalue weighted by Gasteiger charge is -2.33. The molecule has 2 heterocycles. The Morgan fingerprint density at radius 1 is 1.27 bits per heavy atom. The molecule has 2 fully saturated rings. The molecule has 0 aromatic rings. The first-order valence-corrected chi connectivity index (χ1v) is 8.79.